The minimum atomic E-state index is -1.22. The Morgan fingerprint density at radius 2 is 2.12 bits per heavy atom. The second-order valence-corrected chi connectivity index (χ2v) is 3.66. The second kappa shape index (κ2) is 4.39. The van der Waals surface area contributed by atoms with Crippen molar-refractivity contribution in [1.82, 2.24) is 9.97 Å². The van der Waals surface area contributed by atoms with Crippen LogP contribution in [0.5, 0.6) is 0 Å². The van der Waals surface area contributed by atoms with Gasteiger partial charge in [0.1, 0.15) is 0 Å². The summed E-state index contributed by atoms with van der Waals surface area (Å²) in [5.74, 6) is -1.22. The maximum Gasteiger partial charge on any atom is 0.356 e. The Bertz CT molecular complexity index is 572. The summed E-state index contributed by atoms with van der Waals surface area (Å²) in [6.07, 6.45) is 1.59. The predicted octanol–water partition coefficient (Wildman–Crippen LogP) is 2.08. The lowest BCUT2D eigenvalue weighted by atomic mass is 10.2. The van der Waals surface area contributed by atoms with Crippen LogP contribution in [0.15, 0.2) is 30.5 Å². The molecule has 2 heterocycles. The highest BCUT2D eigenvalue weighted by Gasteiger charge is 2.16. The van der Waals surface area contributed by atoms with Gasteiger partial charge < -0.3 is 10.8 Å². The first-order chi connectivity index (χ1) is 8.09. The summed E-state index contributed by atoms with van der Waals surface area (Å²) in [6, 6.07) is 6.73. The summed E-state index contributed by atoms with van der Waals surface area (Å²) in [7, 11) is 0. The molecule has 0 saturated carbocycles. The third kappa shape index (κ3) is 2.19. The highest BCUT2D eigenvalue weighted by molar-refractivity contribution is 6.35. The van der Waals surface area contributed by atoms with E-state index in [1.807, 2.05) is 0 Å². The number of carboxylic acids is 1. The molecule has 2 aromatic rings. The minimum Gasteiger partial charge on any atom is -0.476 e. The van der Waals surface area contributed by atoms with E-state index in [1.54, 1.807) is 24.4 Å². The number of rotatable bonds is 2. The van der Waals surface area contributed by atoms with Crippen molar-refractivity contribution in [3.8, 4) is 11.4 Å². The molecule has 17 heavy (non-hydrogen) atoms. The molecule has 0 unspecified atom stereocenters. The predicted molar refractivity (Wildman–Crippen MR) is 63.8 cm³/mol. The van der Waals surface area contributed by atoms with Gasteiger partial charge in [-0.05, 0) is 18.2 Å². The van der Waals surface area contributed by atoms with E-state index in [0.29, 0.717) is 11.4 Å². The Morgan fingerprint density at radius 1 is 1.35 bits per heavy atom. The van der Waals surface area contributed by atoms with E-state index in [9.17, 15) is 4.79 Å². The van der Waals surface area contributed by atoms with Crippen LogP contribution in [0.1, 0.15) is 10.5 Å². The van der Waals surface area contributed by atoms with Crippen LogP contribution < -0.4 is 5.73 Å². The number of nitrogen functional groups attached to an aromatic ring is 1. The van der Waals surface area contributed by atoms with Crippen LogP contribution in [0.2, 0.25) is 5.02 Å². The minimum absolute atomic E-state index is 0.0582. The number of pyridine rings is 2. The summed E-state index contributed by atoms with van der Waals surface area (Å²) in [5, 5.41) is 8.88. The largest absolute Gasteiger partial charge is 0.476 e. The SMILES string of the molecule is Nc1cc(-c2ccccn2)nc(C(=O)O)c1Cl. The van der Waals surface area contributed by atoms with Crippen molar-refractivity contribution in [3.63, 3.8) is 0 Å². The molecule has 0 spiro atoms. The number of halogens is 1. The van der Waals surface area contributed by atoms with Gasteiger partial charge >= 0.3 is 5.97 Å². The number of hydrogen-bond donors (Lipinski definition) is 2. The average Bonchev–Trinajstić information content (AvgIpc) is 2.33. The summed E-state index contributed by atoms with van der Waals surface area (Å²) in [4.78, 5) is 18.9. The maximum absolute atomic E-state index is 10.9. The fourth-order valence-electron chi connectivity index (χ4n) is 1.34. The topological polar surface area (TPSA) is 89.1 Å². The zero-order chi connectivity index (χ0) is 12.4. The molecule has 5 nitrogen and oxygen atoms in total. The Balaban J connectivity index is 2.61. The van der Waals surface area contributed by atoms with E-state index >= 15 is 0 Å². The number of anilines is 1. The van der Waals surface area contributed by atoms with Gasteiger partial charge in [-0.3, -0.25) is 4.98 Å². The van der Waals surface area contributed by atoms with Crippen LogP contribution in [-0.4, -0.2) is 21.0 Å². The molecule has 3 N–H and O–H groups in total. The van der Waals surface area contributed by atoms with Crippen molar-refractivity contribution in [2.45, 2.75) is 0 Å². The van der Waals surface area contributed by atoms with Crippen LogP contribution in [0.25, 0.3) is 11.4 Å². The van der Waals surface area contributed by atoms with E-state index in [4.69, 9.17) is 22.4 Å². The van der Waals surface area contributed by atoms with E-state index < -0.39 is 5.97 Å². The Morgan fingerprint density at radius 3 is 2.71 bits per heavy atom. The van der Waals surface area contributed by atoms with Crippen molar-refractivity contribution in [2.24, 2.45) is 0 Å². The molecule has 86 valence electrons. The lowest BCUT2D eigenvalue weighted by Gasteiger charge is -2.06. The number of nitrogens with zero attached hydrogens (tertiary/aromatic N) is 2. The molecule has 0 aliphatic heterocycles. The highest BCUT2D eigenvalue weighted by atomic mass is 35.5. The van der Waals surface area contributed by atoms with Crippen LogP contribution in [-0.2, 0) is 0 Å². The lowest BCUT2D eigenvalue weighted by molar-refractivity contribution is 0.0691. The van der Waals surface area contributed by atoms with Gasteiger partial charge in [-0.1, -0.05) is 17.7 Å². The molecule has 0 saturated heterocycles. The quantitative estimate of drug-likeness (QED) is 0.851. The number of hydrogen-bond acceptors (Lipinski definition) is 4. The molecule has 0 fully saturated rings. The van der Waals surface area contributed by atoms with Gasteiger partial charge in [0.05, 0.1) is 22.1 Å². The van der Waals surface area contributed by atoms with Gasteiger partial charge in [0.25, 0.3) is 0 Å². The first-order valence-electron chi connectivity index (χ1n) is 4.70. The molecule has 0 bridgehead atoms. The number of aromatic nitrogens is 2. The summed E-state index contributed by atoms with van der Waals surface area (Å²) >= 11 is 5.76. The lowest BCUT2D eigenvalue weighted by Crippen LogP contribution is -2.05. The third-order valence-corrected chi connectivity index (χ3v) is 2.51. The van der Waals surface area contributed by atoms with E-state index in [0.717, 1.165) is 0 Å². The molecule has 0 aliphatic rings. The summed E-state index contributed by atoms with van der Waals surface area (Å²) in [5.41, 5.74) is 6.45. The molecule has 0 radical (unpaired) electrons. The van der Waals surface area contributed by atoms with Gasteiger partial charge in [-0.2, -0.15) is 0 Å². The second-order valence-electron chi connectivity index (χ2n) is 3.28. The van der Waals surface area contributed by atoms with Gasteiger partial charge in [-0.25, -0.2) is 9.78 Å². The van der Waals surface area contributed by atoms with Crippen molar-refractivity contribution in [1.29, 1.82) is 0 Å². The highest BCUT2D eigenvalue weighted by Crippen LogP contribution is 2.26. The Labute approximate surface area is 102 Å². The van der Waals surface area contributed by atoms with E-state index in [2.05, 4.69) is 9.97 Å². The molecular weight excluding hydrogens is 242 g/mol. The normalized spacial score (nSPS) is 10.2. The van der Waals surface area contributed by atoms with E-state index in [1.165, 1.54) is 6.07 Å². The molecule has 0 aliphatic carbocycles. The van der Waals surface area contributed by atoms with Gasteiger partial charge in [0, 0.05) is 6.20 Å². The average molecular weight is 250 g/mol. The smallest absolute Gasteiger partial charge is 0.356 e. The summed E-state index contributed by atoms with van der Waals surface area (Å²) < 4.78 is 0. The maximum atomic E-state index is 10.9. The first kappa shape index (κ1) is 11.3. The fourth-order valence-corrected chi connectivity index (χ4v) is 1.51. The third-order valence-electron chi connectivity index (χ3n) is 2.12. The van der Waals surface area contributed by atoms with Crippen LogP contribution in [0.4, 0.5) is 5.69 Å². The number of carboxylic acid groups (broad SMARTS) is 1. The molecular formula is C11H8ClN3O2. The van der Waals surface area contributed by atoms with Crippen molar-refractivity contribution < 1.29 is 9.90 Å². The van der Waals surface area contributed by atoms with Gasteiger partial charge in [-0.15, -0.1) is 0 Å². The number of nitrogens with two attached hydrogens (primary N) is 1. The first-order valence-corrected chi connectivity index (χ1v) is 5.08. The van der Waals surface area contributed by atoms with Crippen LogP contribution in [0, 0.1) is 0 Å². The standard InChI is InChI=1S/C11H8ClN3O2/c12-9-6(13)5-8(15-10(9)11(16)17)7-3-1-2-4-14-7/h1-5H,(H2,13,15)(H,16,17). The zero-order valence-corrected chi connectivity index (χ0v) is 9.35. The molecule has 0 aromatic carbocycles. The Kier molecular flexibility index (Phi) is 2.93. The molecule has 0 atom stereocenters. The monoisotopic (exact) mass is 249 g/mol. The number of carbonyl (C=O) groups is 1. The number of aromatic carboxylic acids is 1. The van der Waals surface area contributed by atoms with Crippen LogP contribution in [0.3, 0.4) is 0 Å². The molecule has 2 rings (SSSR count). The van der Waals surface area contributed by atoms with E-state index in [-0.39, 0.29) is 16.4 Å². The fraction of sp³-hybridized carbons (Fsp3) is 0. The van der Waals surface area contributed by atoms with Crippen molar-refractivity contribution in [2.75, 3.05) is 5.73 Å². The zero-order valence-electron chi connectivity index (χ0n) is 8.59. The van der Waals surface area contributed by atoms with Gasteiger partial charge in [0.2, 0.25) is 0 Å². The Hall–Kier alpha value is -2.14. The molecule has 2 aromatic heterocycles. The van der Waals surface area contributed by atoms with Gasteiger partial charge in [0.15, 0.2) is 5.69 Å². The van der Waals surface area contributed by atoms with Crippen molar-refractivity contribution >= 4 is 23.3 Å². The van der Waals surface area contributed by atoms with Crippen LogP contribution >= 0.6 is 11.6 Å². The summed E-state index contributed by atoms with van der Waals surface area (Å²) in [6.45, 7) is 0. The molecule has 0 amide bonds. The van der Waals surface area contributed by atoms with Crippen molar-refractivity contribution in [3.05, 3.63) is 41.2 Å². The molecule has 6 heteroatoms.